The maximum atomic E-state index is 8.64. The Balaban J connectivity index is 3.10. The SMILES string of the molecule is COc1ccc(C(C)(C)C)cc1C(N)CCC#N. The third-order valence-corrected chi connectivity index (χ3v) is 3.06. The number of nitriles is 1. The average Bonchev–Trinajstić information content (AvgIpc) is 2.34. The summed E-state index contributed by atoms with van der Waals surface area (Å²) in [5, 5.41) is 8.64. The van der Waals surface area contributed by atoms with Gasteiger partial charge in [0, 0.05) is 18.0 Å². The Morgan fingerprint density at radius 2 is 2.06 bits per heavy atom. The molecule has 1 atom stereocenters. The van der Waals surface area contributed by atoms with E-state index in [1.807, 2.05) is 6.07 Å². The molecule has 2 N–H and O–H groups in total. The van der Waals surface area contributed by atoms with E-state index in [-0.39, 0.29) is 11.5 Å². The van der Waals surface area contributed by atoms with Gasteiger partial charge in [0.15, 0.2) is 0 Å². The van der Waals surface area contributed by atoms with Gasteiger partial charge in [0.1, 0.15) is 5.75 Å². The van der Waals surface area contributed by atoms with Gasteiger partial charge in [-0.05, 0) is 23.5 Å². The lowest BCUT2D eigenvalue weighted by Crippen LogP contribution is -2.15. The molecule has 1 rings (SSSR count). The van der Waals surface area contributed by atoms with E-state index < -0.39 is 0 Å². The van der Waals surface area contributed by atoms with Crippen molar-refractivity contribution in [2.75, 3.05) is 7.11 Å². The molecule has 1 aromatic carbocycles. The number of hydrogen-bond acceptors (Lipinski definition) is 3. The molecule has 3 heteroatoms. The molecule has 0 saturated carbocycles. The molecule has 0 aromatic heterocycles. The summed E-state index contributed by atoms with van der Waals surface area (Å²) < 4.78 is 5.35. The first kappa shape index (κ1) is 14.5. The number of benzene rings is 1. The molecule has 0 fully saturated rings. The van der Waals surface area contributed by atoms with Gasteiger partial charge in [0.2, 0.25) is 0 Å². The zero-order chi connectivity index (χ0) is 13.8. The summed E-state index contributed by atoms with van der Waals surface area (Å²) in [5.74, 6) is 0.799. The summed E-state index contributed by atoms with van der Waals surface area (Å²) in [5.41, 5.74) is 8.43. The Morgan fingerprint density at radius 3 is 2.56 bits per heavy atom. The van der Waals surface area contributed by atoms with Crippen molar-refractivity contribution in [3.63, 3.8) is 0 Å². The van der Waals surface area contributed by atoms with Gasteiger partial charge in [0.25, 0.3) is 0 Å². The molecule has 0 heterocycles. The molecule has 1 aromatic rings. The normalized spacial score (nSPS) is 12.9. The molecular formula is C15H22N2O. The Morgan fingerprint density at radius 1 is 1.39 bits per heavy atom. The third kappa shape index (κ3) is 3.48. The zero-order valence-corrected chi connectivity index (χ0v) is 11.7. The van der Waals surface area contributed by atoms with Gasteiger partial charge in [-0.1, -0.05) is 32.9 Å². The minimum absolute atomic E-state index is 0.0793. The summed E-state index contributed by atoms with van der Waals surface area (Å²) in [6, 6.07) is 8.11. The number of hydrogen-bond donors (Lipinski definition) is 1. The van der Waals surface area contributed by atoms with Crippen LogP contribution in [-0.4, -0.2) is 7.11 Å². The number of ether oxygens (including phenoxy) is 1. The molecule has 1 unspecified atom stereocenters. The second kappa shape index (κ2) is 5.88. The Bertz CT molecular complexity index is 441. The lowest BCUT2D eigenvalue weighted by atomic mass is 9.85. The number of nitrogens with two attached hydrogens (primary N) is 1. The van der Waals surface area contributed by atoms with Crippen LogP contribution in [0.2, 0.25) is 0 Å². The fourth-order valence-electron chi connectivity index (χ4n) is 1.87. The standard InChI is InChI=1S/C15H22N2O/c1-15(2,3)11-7-8-14(18-4)12(10-11)13(17)6-5-9-16/h7-8,10,13H,5-6,17H2,1-4H3. The highest BCUT2D eigenvalue weighted by molar-refractivity contribution is 5.41. The van der Waals surface area contributed by atoms with Crippen molar-refractivity contribution in [2.45, 2.75) is 45.1 Å². The fraction of sp³-hybridized carbons (Fsp3) is 0.533. The maximum Gasteiger partial charge on any atom is 0.123 e. The van der Waals surface area contributed by atoms with Gasteiger partial charge in [0.05, 0.1) is 13.2 Å². The average molecular weight is 246 g/mol. The maximum absolute atomic E-state index is 8.64. The second-order valence-electron chi connectivity index (χ2n) is 5.51. The Labute approximate surface area is 110 Å². The number of nitrogens with zero attached hydrogens (tertiary/aromatic N) is 1. The van der Waals surface area contributed by atoms with Crippen LogP contribution in [0.15, 0.2) is 18.2 Å². The molecule has 0 bridgehead atoms. The van der Waals surface area contributed by atoms with Gasteiger partial charge < -0.3 is 10.5 Å². The van der Waals surface area contributed by atoms with E-state index in [4.69, 9.17) is 15.7 Å². The zero-order valence-electron chi connectivity index (χ0n) is 11.7. The van der Waals surface area contributed by atoms with Crippen LogP contribution in [0, 0.1) is 11.3 Å². The molecule has 0 amide bonds. The summed E-state index contributed by atoms with van der Waals surface area (Å²) in [6.45, 7) is 6.50. The van der Waals surface area contributed by atoms with E-state index in [1.54, 1.807) is 7.11 Å². The fourth-order valence-corrected chi connectivity index (χ4v) is 1.87. The predicted octanol–water partition coefficient (Wildman–Crippen LogP) is 3.30. The van der Waals surface area contributed by atoms with Crippen molar-refractivity contribution in [2.24, 2.45) is 5.73 Å². The van der Waals surface area contributed by atoms with Gasteiger partial charge in [-0.25, -0.2) is 0 Å². The van der Waals surface area contributed by atoms with Crippen LogP contribution in [0.4, 0.5) is 0 Å². The van der Waals surface area contributed by atoms with Gasteiger partial charge in [-0.2, -0.15) is 5.26 Å². The quantitative estimate of drug-likeness (QED) is 0.886. The van der Waals surface area contributed by atoms with E-state index in [0.29, 0.717) is 12.8 Å². The monoisotopic (exact) mass is 246 g/mol. The van der Waals surface area contributed by atoms with Crippen molar-refractivity contribution < 1.29 is 4.74 Å². The highest BCUT2D eigenvalue weighted by Crippen LogP contribution is 2.32. The largest absolute Gasteiger partial charge is 0.496 e. The van der Waals surface area contributed by atoms with Crippen LogP contribution in [0.5, 0.6) is 5.75 Å². The van der Waals surface area contributed by atoms with E-state index in [1.165, 1.54) is 5.56 Å². The number of methoxy groups -OCH3 is 1. The van der Waals surface area contributed by atoms with E-state index in [2.05, 4.69) is 39.0 Å². The minimum atomic E-state index is -0.151. The summed E-state index contributed by atoms with van der Waals surface area (Å²) in [6.07, 6.45) is 1.12. The Kier molecular flexibility index (Phi) is 4.75. The molecule has 0 aliphatic rings. The molecule has 0 radical (unpaired) electrons. The first-order chi connectivity index (χ1) is 8.40. The molecule has 0 spiro atoms. The van der Waals surface area contributed by atoms with Crippen LogP contribution >= 0.6 is 0 Å². The lowest BCUT2D eigenvalue weighted by molar-refractivity contribution is 0.403. The van der Waals surface area contributed by atoms with Crippen molar-refractivity contribution in [3.05, 3.63) is 29.3 Å². The van der Waals surface area contributed by atoms with Crippen molar-refractivity contribution in [3.8, 4) is 11.8 Å². The van der Waals surface area contributed by atoms with E-state index >= 15 is 0 Å². The van der Waals surface area contributed by atoms with Gasteiger partial charge in [-0.3, -0.25) is 0 Å². The highest BCUT2D eigenvalue weighted by Gasteiger charge is 2.18. The summed E-state index contributed by atoms with van der Waals surface area (Å²) in [7, 11) is 1.65. The lowest BCUT2D eigenvalue weighted by Gasteiger charge is -2.23. The summed E-state index contributed by atoms with van der Waals surface area (Å²) >= 11 is 0. The van der Waals surface area contributed by atoms with Crippen LogP contribution < -0.4 is 10.5 Å². The van der Waals surface area contributed by atoms with Crippen molar-refractivity contribution >= 4 is 0 Å². The smallest absolute Gasteiger partial charge is 0.123 e. The molecule has 0 aliphatic heterocycles. The third-order valence-electron chi connectivity index (χ3n) is 3.06. The topological polar surface area (TPSA) is 59.0 Å². The van der Waals surface area contributed by atoms with Gasteiger partial charge in [-0.15, -0.1) is 0 Å². The highest BCUT2D eigenvalue weighted by atomic mass is 16.5. The predicted molar refractivity (Wildman–Crippen MR) is 73.5 cm³/mol. The van der Waals surface area contributed by atoms with Crippen LogP contribution in [-0.2, 0) is 5.41 Å². The van der Waals surface area contributed by atoms with Crippen molar-refractivity contribution in [1.29, 1.82) is 5.26 Å². The molecule has 18 heavy (non-hydrogen) atoms. The molecule has 0 saturated heterocycles. The summed E-state index contributed by atoms with van der Waals surface area (Å²) in [4.78, 5) is 0. The van der Waals surface area contributed by atoms with Crippen LogP contribution in [0.1, 0.15) is 50.8 Å². The molecule has 98 valence electrons. The van der Waals surface area contributed by atoms with Crippen LogP contribution in [0.25, 0.3) is 0 Å². The first-order valence-electron chi connectivity index (χ1n) is 6.21. The Hall–Kier alpha value is -1.53. The van der Waals surface area contributed by atoms with Gasteiger partial charge >= 0.3 is 0 Å². The first-order valence-corrected chi connectivity index (χ1v) is 6.21. The second-order valence-corrected chi connectivity index (χ2v) is 5.51. The van der Waals surface area contributed by atoms with Crippen molar-refractivity contribution in [1.82, 2.24) is 0 Å². The molecule has 0 aliphatic carbocycles. The van der Waals surface area contributed by atoms with Crippen LogP contribution in [0.3, 0.4) is 0 Å². The molecule has 3 nitrogen and oxygen atoms in total. The van der Waals surface area contributed by atoms with E-state index in [9.17, 15) is 0 Å². The molecular weight excluding hydrogens is 224 g/mol. The van der Waals surface area contributed by atoms with E-state index in [0.717, 1.165) is 11.3 Å². The minimum Gasteiger partial charge on any atom is -0.496 e. The number of rotatable bonds is 4.